The number of aryl methyl sites for hydroxylation is 2. The highest BCUT2D eigenvalue weighted by Gasteiger charge is 2.14. The van der Waals surface area contributed by atoms with Crippen LogP contribution in [0.5, 0.6) is 0 Å². The number of hydrogen-bond donors (Lipinski definition) is 0. The van der Waals surface area contributed by atoms with Crippen LogP contribution in [0.1, 0.15) is 27.6 Å². The van der Waals surface area contributed by atoms with Gasteiger partial charge in [0, 0.05) is 11.3 Å². The second kappa shape index (κ2) is 4.09. The van der Waals surface area contributed by atoms with Gasteiger partial charge in [0.05, 0.1) is 0 Å². The first-order chi connectivity index (χ1) is 6.81. The molecule has 1 aromatic rings. The van der Waals surface area contributed by atoms with Gasteiger partial charge >= 0.3 is 0 Å². The van der Waals surface area contributed by atoms with E-state index >= 15 is 0 Å². The molecule has 0 aliphatic carbocycles. The molecular weight excluding hydrogens is 196 g/mol. The van der Waals surface area contributed by atoms with E-state index in [0.717, 1.165) is 41.9 Å². The Balaban J connectivity index is 2.51. The van der Waals surface area contributed by atoms with E-state index in [0.29, 0.717) is 11.5 Å². The number of fused-ring (bicyclic) bond motifs is 1. The summed E-state index contributed by atoms with van der Waals surface area (Å²) in [5.41, 5.74) is 2.73. The van der Waals surface area contributed by atoms with Gasteiger partial charge in [-0.05, 0) is 31.3 Å². The summed E-state index contributed by atoms with van der Waals surface area (Å²) in [6.07, 6.45) is 2.74. The third-order valence-electron chi connectivity index (χ3n) is 2.33. The standard InChI is InChI=1S/C10H12N2OS/c1-7-11-9-3-5-14-4-2-8(9)10(6-13)12-7/h6H,2-5H2,1H3. The van der Waals surface area contributed by atoms with Crippen molar-refractivity contribution in [3.63, 3.8) is 0 Å². The zero-order valence-electron chi connectivity index (χ0n) is 8.12. The first-order valence-electron chi connectivity index (χ1n) is 4.70. The molecule has 4 heteroatoms. The van der Waals surface area contributed by atoms with Gasteiger partial charge in [0.25, 0.3) is 0 Å². The molecule has 0 fully saturated rings. The predicted octanol–water partition coefficient (Wildman–Crippen LogP) is 1.43. The van der Waals surface area contributed by atoms with Gasteiger partial charge in [-0.25, -0.2) is 9.97 Å². The van der Waals surface area contributed by atoms with Crippen LogP contribution in [0.4, 0.5) is 0 Å². The Morgan fingerprint density at radius 2 is 2.07 bits per heavy atom. The number of hydrogen-bond acceptors (Lipinski definition) is 4. The number of nitrogens with zero attached hydrogens (tertiary/aromatic N) is 2. The van der Waals surface area contributed by atoms with Crippen molar-refractivity contribution in [1.82, 2.24) is 9.97 Å². The average Bonchev–Trinajstić information content (AvgIpc) is 2.41. The second-order valence-electron chi connectivity index (χ2n) is 3.31. The molecule has 0 saturated carbocycles. The Morgan fingerprint density at radius 1 is 1.29 bits per heavy atom. The third kappa shape index (κ3) is 1.80. The third-order valence-corrected chi connectivity index (χ3v) is 3.31. The first-order valence-corrected chi connectivity index (χ1v) is 5.86. The largest absolute Gasteiger partial charge is 0.296 e. The van der Waals surface area contributed by atoms with Crippen LogP contribution >= 0.6 is 11.8 Å². The number of aldehydes is 1. The summed E-state index contributed by atoms with van der Waals surface area (Å²) in [7, 11) is 0. The lowest BCUT2D eigenvalue weighted by atomic mass is 10.1. The van der Waals surface area contributed by atoms with Gasteiger partial charge in [0.1, 0.15) is 11.5 Å². The summed E-state index contributed by atoms with van der Waals surface area (Å²) in [6, 6.07) is 0. The fourth-order valence-electron chi connectivity index (χ4n) is 1.70. The molecule has 1 aliphatic heterocycles. The van der Waals surface area contributed by atoms with E-state index in [1.165, 1.54) is 0 Å². The molecule has 1 aromatic heterocycles. The molecule has 0 aromatic carbocycles. The zero-order chi connectivity index (χ0) is 9.97. The Labute approximate surface area is 87.3 Å². The van der Waals surface area contributed by atoms with E-state index in [4.69, 9.17) is 0 Å². The zero-order valence-corrected chi connectivity index (χ0v) is 8.93. The summed E-state index contributed by atoms with van der Waals surface area (Å²) in [6.45, 7) is 1.84. The summed E-state index contributed by atoms with van der Waals surface area (Å²) >= 11 is 1.91. The molecule has 14 heavy (non-hydrogen) atoms. The summed E-state index contributed by atoms with van der Waals surface area (Å²) in [4.78, 5) is 19.4. The number of thioether (sulfide) groups is 1. The minimum Gasteiger partial charge on any atom is -0.296 e. The highest BCUT2D eigenvalue weighted by Crippen LogP contribution is 2.20. The number of rotatable bonds is 1. The lowest BCUT2D eigenvalue weighted by molar-refractivity contribution is 0.111. The lowest BCUT2D eigenvalue weighted by Gasteiger charge is -2.06. The Morgan fingerprint density at radius 3 is 2.86 bits per heavy atom. The fourth-order valence-corrected chi connectivity index (χ4v) is 2.59. The van der Waals surface area contributed by atoms with Gasteiger partial charge in [0.2, 0.25) is 0 Å². The van der Waals surface area contributed by atoms with Crippen LogP contribution < -0.4 is 0 Å². The molecule has 0 atom stereocenters. The van der Waals surface area contributed by atoms with Crippen molar-refractivity contribution in [3.8, 4) is 0 Å². The number of carbonyl (C=O) groups is 1. The van der Waals surface area contributed by atoms with Gasteiger partial charge in [-0.2, -0.15) is 11.8 Å². The number of aromatic nitrogens is 2. The van der Waals surface area contributed by atoms with Crippen molar-refractivity contribution in [2.24, 2.45) is 0 Å². The minimum absolute atomic E-state index is 0.593. The highest BCUT2D eigenvalue weighted by molar-refractivity contribution is 7.99. The number of carbonyl (C=O) groups excluding carboxylic acids is 1. The van der Waals surface area contributed by atoms with Crippen LogP contribution in [0.3, 0.4) is 0 Å². The molecule has 74 valence electrons. The van der Waals surface area contributed by atoms with Crippen LogP contribution in [0.15, 0.2) is 0 Å². The maximum Gasteiger partial charge on any atom is 0.168 e. The minimum atomic E-state index is 0.593. The molecule has 1 aliphatic rings. The lowest BCUT2D eigenvalue weighted by Crippen LogP contribution is -2.07. The van der Waals surface area contributed by atoms with E-state index in [-0.39, 0.29) is 0 Å². The summed E-state index contributed by atoms with van der Waals surface area (Å²) in [5, 5.41) is 0. The topological polar surface area (TPSA) is 42.9 Å². The van der Waals surface area contributed by atoms with Crippen molar-refractivity contribution in [2.75, 3.05) is 11.5 Å². The smallest absolute Gasteiger partial charge is 0.168 e. The van der Waals surface area contributed by atoms with Gasteiger partial charge in [-0.3, -0.25) is 4.79 Å². The maximum absolute atomic E-state index is 10.8. The molecule has 0 saturated heterocycles. The predicted molar refractivity (Wildman–Crippen MR) is 56.9 cm³/mol. The van der Waals surface area contributed by atoms with E-state index in [1.807, 2.05) is 18.7 Å². The van der Waals surface area contributed by atoms with Crippen LogP contribution in [0.2, 0.25) is 0 Å². The van der Waals surface area contributed by atoms with Crippen molar-refractivity contribution >= 4 is 18.0 Å². The molecule has 0 amide bonds. The fraction of sp³-hybridized carbons (Fsp3) is 0.500. The monoisotopic (exact) mass is 208 g/mol. The Kier molecular flexibility index (Phi) is 2.82. The Bertz CT molecular complexity index is 365. The molecule has 0 unspecified atom stereocenters. The van der Waals surface area contributed by atoms with E-state index in [9.17, 15) is 4.79 Å². The highest BCUT2D eigenvalue weighted by atomic mass is 32.2. The van der Waals surface area contributed by atoms with Crippen molar-refractivity contribution in [1.29, 1.82) is 0 Å². The average molecular weight is 208 g/mol. The molecule has 0 bridgehead atoms. The van der Waals surface area contributed by atoms with Crippen molar-refractivity contribution in [3.05, 3.63) is 22.8 Å². The van der Waals surface area contributed by atoms with E-state index in [2.05, 4.69) is 9.97 Å². The van der Waals surface area contributed by atoms with Gasteiger partial charge < -0.3 is 0 Å². The molecule has 0 radical (unpaired) electrons. The molecule has 3 nitrogen and oxygen atoms in total. The molecular formula is C10H12N2OS. The van der Waals surface area contributed by atoms with Gasteiger partial charge in [-0.15, -0.1) is 0 Å². The van der Waals surface area contributed by atoms with Crippen molar-refractivity contribution in [2.45, 2.75) is 19.8 Å². The van der Waals surface area contributed by atoms with Gasteiger partial charge in [0.15, 0.2) is 6.29 Å². The molecule has 2 rings (SSSR count). The molecule has 2 heterocycles. The summed E-state index contributed by atoms with van der Waals surface area (Å²) < 4.78 is 0. The van der Waals surface area contributed by atoms with Crippen LogP contribution in [0, 0.1) is 6.92 Å². The van der Waals surface area contributed by atoms with Crippen molar-refractivity contribution < 1.29 is 4.79 Å². The first kappa shape index (κ1) is 9.65. The van der Waals surface area contributed by atoms with E-state index in [1.54, 1.807) is 0 Å². The van der Waals surface area contributed by atoms with Crippen LogP contribution in [-0.4, -0.2) is 27.8 Å². The summed E-state index contributed by atoms with van der Waals surface area (Å²) in [5.74, 6) is 2.87. The van der Waals surface area contributed by atoms with Gasteiger partial charge in [-0.1, -0.05) is 0 Å². The Hall–Kier alpha value is -0.900. The SMILES string of the molecule is Cc1nc(C=O)c2c(n1)CCSCC2. The normalized spacial score (nSPS) is 15.8. The second-order valence-corrected chi connectivity index (χ2v) is 4.54. The molecule has 0 N–H and O–H groups in total. The van der Waals surface area contributed by atoms with Crippen LogP contribution in [-0.2, 0) is 12.8 Å². The quantitative estimate of drug-likeness (QED) is 0.655. The molecule has 0 spiro atoms. The maximum atomic E-state index is 10.8. The van der Waals surface area contributed by atoms with E-state index < -0.39 is 0 Å². The van der Waals surface area contributed by atoms with Crippen LogP contribution in [0.25, 0.3) is 0 Å².